The normalized spacial score (nSPS) is 19.1. The molecule has 0 N–H and O–H groups in total. The summed E-state index contributed by atoms with van der Waals surface area (Å²) in [5.41, 5.74) is 0.647. The summed E-state index contributed by atoms with van der Waals surface area (Å²) in [6.07, 6.45) is 1.18. The molecule has 2 aromatic carbocycles. The lowest BCUT2D eigenvalue weighted by Gasteiger charge is -2.27. The van der Waals surface area contributed by atoms with Crippen molar-refractivity contribution in [3.8, 4) is 11.5 Å². The molecule has 1 saturated carbocycles. The van der Waals surface area contributed by atoms with Crippen LogP contribution < -0.4 is 9.47 Å². The second-order valence-corrected chi connectivity index (χ2v) is 6.78. The topological polar surface area (TPSA) is 95.7 Å². The van der Waals surface area contributed by atoms with Gasteiger partial charge in [0.25, 0.3) is 5.69 Å². The first-order chi connectivity index (χ1) is 13.4. The molecule has 2 aromatic rings. The van der Waals surface area contributed by atoms with Gasteiger partial charge in [-0.1, -0.05) is 12.1 Å². The Hall–Kier alpha value is -3.22. The Morgan fingerprint density at radius 1 is 1.07 bits per heavy atom. The molecule has 0 saturated heterocycles. The van der Waals surface area contributed by atoms with Crippen LogP contribution in [0.25, 0.3) is 0 Å². The van der Waals surface area contributed by atoms with Gasteiger partial charge in [-0.3, -0.25) is 19.7 Å². The van der Waals surface area contributed by atoms with E-state index in [1.54, 1.807) is 26.4 Å². The average molecular weight is 383 g/mol. The maximum atomic E-state index is 12.8. The summed E-state index contributed by atoms with van der Waals surface area (Å²) in [6.45, 7) is 0. The first-order valence-corrected chi connectivity index (χ1v) is 8.98. The molecule has 0 heterocycles. The van der Waals surface area contributed by atoms with Gasteiger partial charge < -0.3 is 9.47 Å². The fraction of sp³-hybridized carbons (Fsp3) is 0.333. The van der Waals surface area contributed by atoms with E-state index in [-0.39, 0.29) is 29.4 Å². The molecule has 0 aromatic heterocycles. The standard InChI is InChI=1S/C21H21NO6/c1-27-15-9-14(10-16(12-15)28-2)13-7-8-18(20(23)11-13)21(24)17-5-3-4-6-19(17)22(25)26/h3-6,9-10,12-13,18H,7-8,11H2,1-2H3/t13-,18?/m0/s1. The summed E-state index contributed by atoms with van der Waals surface area (Å²) in [7, 11) is 3.12. The molecular formula is C21H21NO6. The van der Waals surface area contributed by atoms with Crippen molar-refractivity contribution in [2.24, 2.45) is 5.92 Å². The van der Waals surface area contributed by atoms with Gasteiger partial charge in [0.05, 0.1) is 30.6 Å². The molecule has 0 bridgehead atoms. The highest BCUT2D eigenvalue weighted by molar-refractivity contribution is 6.12. The molecule has 1 fully saturated rings. The fourth-order valence-corrected chi connectivity index (χ4v) is 3.67. The summed E-state index contributed by atoms with van der Waals surface area (Å²) in [4.78, 5) is 36.1. The number of nitro benzene ring substituents is 1. The van der Waals surface area contributed by atoms with Crippen LogP contribution in [-0.2, 0) is 4.79 Å². The van der Waals surface area contributed by atoms with Gasteiger partial charge in [0.1, 0.15) is 17.3 Å². The summed E-state index contributed by atoms with van der Waals surface area (Å²) in [6, 6.07) is 11.3. The van der Waals surface area contributed by atoms with Crippen LogP contribution in [-0.4, -0.2) is 30.7 Å². The van der Waals surface area contributed by atoms with Gasteiger partial charge >= 0.3 is 0 Å². The molecule has 1 unspecified atom stereocenters. The molecule has 7 heteroatoms. The zero-order valence-corrected chi connectivity index (χ0v) is 15.7. The van der Waals surface area contributed by atoms with Gasteiger partial charge in [-0.15, -0.1) is 0 Å². The summed E-state index contributed by atoms with van der Waals surface area (Å²) in [5.74, 6) is -0.281. The van der Waals surface area contributed by atoms with Crippen molar-refractivity contribution in [3.63, 3.8) is 0 Å². The number of rotatable bonds is 6. The quantitative estimate of drug-likeness (QED) is 0.324. The van der Waals surface area contributed by atoms with Crippen LogP contribution in [0.15, 0.2) is 42.5 Å². The molecule has 146 valence electrons. The Morgan fingerprint density at radius 3 is 2.29 bits per heavy atom. The predicted molar refractivity (Wildman–Crippen MR) is 102 cm³/mol. The van der Waals surface area contributed by atoms with Crippen molar-refractivity contribution in [2.75, 3.05) is 14.2 Å². The maximum Gasteiger partial charge on any atom is 0.280 e. The van der Waals surface area contributed by atoms with E-state index in [0.29, 0.717) is 24.3 Å². The minimum Gasteiger partial charge on any atom is -0.497 e. The van der Waals surface area contributed by atoms with Gasteiger partial charge in [-0.05, 0) is 42.5 Å². The van der Waals surface area contributed by atoms with Crippen molar-refractivity contribution in [3.05, 3.63) is 63.7 Å². The first kappa shape index (κ1) is 19.5. The zero-order chi connectivity index (χ0) is 20.3. The minimum atomic E-state index is -0.843. The Balaban J connectivity index is 1.80. The van der Waals surface area contributed by atoms with Gasteiger partial charge in [0.2, 0.25) is 0 Å². The van der Waals surface area contributed by atoms with Crippen LogP contribution in [0.4, 0.5) is 5.69 Å². The third-order valence-corrected chi connectivity index (χ3v) is 5.17. The number of carbonyl (C=O) groups is 2. The Kier molecular flexibility index (Phi) is 5.73. The summed E-state index contributed by atoms with van der Waals surface area (Å²) in [5, 5.41) is 11.2. The first-order valence-electron chi connectivity index (χ1n) is 8.98. The molecular weight excluding hydrogens is 362 g/mol. The number of Topliss-reactive ketones (excluding diaryl/α,β-unsaturated/α-hetero) is 2. The lowest BCUT2D eigenvalue weighted by molar-refractivity contribution is -0.385. The number of methoxy groups -OCH3 is 2. The largest absolute Gasteiger partial charge is 0.497 e. The maximum absolute atomic E-state index is 12.8. The lowest BCUT2D eigenvalue weighted by atomic mass is 9.75. The number of hydrogen-bond acceptors (Lipinski definition) is 6. The van der Waals surface area contributed by atoms with Crippen LogP contribution in [0.1, 0.15) is 41.1 Å². The second kappa shape index (κ2) is 8.21. The Morgan fingerprint density at radius 2 is 1.71 bits per heavy atom. The van der Waals surface area contributed by atoms with E-state index in [1.165, 1.54) is 18.2 Å². The number of hydrogen-bond donors (Lipinski definition) is 0. The number of carbonyl (C=O) groups excluding carboxylic acids is 2. The van der Waals surface area contributed by atoms with Crippen LogP contribution >= 0.6 is 0 Å². The van der Waals surface area contributed by atoms with Crippen molar-refractivity contribution >= 4 is 17.3 Å². The highest BCUT2D eigenvalue weighted by atomic mass is 16.6. The minimum absolute atomic E-state index is 0.00708. The van der Waals surface area contributed by atoms with E-state index in [0.717, 1.165) is 5.56 Å². The van der Waals surface area contributed by atoms with Crippen LogP contribution in [0.3, 0.4) is 0 Å². The molecule has 1 aliphatic carbocycles. The molecule has 1 aliphatic rings. The number of para-hydroxylation sites is 1. The highest BCUT2D eigenvalue weighted by Gasteiger charge is 2.36. The molecule has 0 aliphatic heterocycles. The monoisotopic (exact) mass is 383 g/mol. The van der Waals surface area contributed by atoms with Crippen molar-refractivity contribution in [2.45, 2.75) is 25.2 Å². The number of ether oxygens (including phenoxy) is 2. The van der Waals surface area contributed by atoms with E-state index in [9.17, 15) is 19.7 Å². The van der Waals surface area contributed by atoms with Crippen LogP contribution in [0.5, 0.6) is 11.5 Å². The fourth-order valence-electron chi connectivity index (χ4n) is 3.67. The molecule has 3 rings (SSSR count). The zero-order valence-electron chi connectivity index (χ0n) is 15.7. The molecule has 7 nitrogen and oxygen atoms in total. The van der Waals surface area contributed by atoms with Crippen molar-refractivity contribution in [1.82, 2.24) is 0 Å². The number of ketones is 2. The SMILES string of the molecule is COc1cc(OC)cc([C@H]2CCC(C(=O)c3ccccc3[N+](=O)[O-])C(=O)C2)c1. The lowest BCUT2D eigenvalue weighted by Crippen LogP contribution is -2.30. The summed E-state index contributed by atoms with van der Waals surface area (Å²) >= 11 is 0. The Bertz CT molecular complexity index is 901. The smallest absolute Gasteiger partial charge is 0.280 e. The average Bonchev–Trinajstić information content (AvgIpc) is 2.72. The Labute approximate surface area is 162 Å². The van der Waals surface area contributed by atoms with Crippen LogP contribution in [0, 0.1) is 16.0 Å². The van der Waals surface area contributed by atoms with E-state index in [4.69, 9.17) is 9.47 Å². The molecule has 0 amide bonds. The summed E-state index contributed by atoms with van der Waals surface area (Å²) < 4.78 is 10.6. The molecule has 0 spiro atoms. The number of nitro groups is 1. The molecule has 0 radical (unpaired) electrons. The van der Waals surface area contributed by atoms with E-state index in [1.807, 2.05) is 12.1 Å². The second-order valence-electron chi connectivity index (χ2n) is 6.78. The number of nitrogens with zero attached hydrogens (tertiary/aromatic N) is 1. The van der Waals surface area contributed by atoms with E-state index in [2.05, 4.69) is 0 Å². The van der Waals surface area contributed by atoms with Crippen molar-refractivity contribution in [1.29, 1.82) is 0 Å². The van der Waals surface area contributed by atoms with E-state index < -0.39 is 16.6 Å². The van der Waals surface area contributed by atoms with Crippen LogP contribution in [0.2, 0.25) is 0 Å². The van der Waals surface area contributed by atoms with Gasteiger partial charge in [0, 0.05) is 18.6 Å². The third-order valence-electron chi connectivity index (χ3n) is 5.17. The number of benzene rings is 2. The third kappa shape index (κ3) is 3.88. The molecule has 28 heavy (non-hydrogen) atoms. The van der Waals surface area contributed by atoms with E-state index >= 15 is 0 Å². The van der Waals surface area contributed by atoms with Crippen molar-refractivity contribution < 1.29 is 24.0 Å². The van der Waals surface area contributed by atoms with Gasteiger partial charge in [-0.2, -0.15) is 0 Å². The predicted octanol–water partition coefficient (Wildman–Crippen LogP) is 3.95. The molecule has 2 atom stereocenters. The highest BCUT2D eigenvalue weighted by Crippen LogP contribution is 2.38. The van der Waals surface area contributed by atoms with Gasteiger partial charge in [0.15, 0.2) is 5.78 Å². The van der Waals surface area contributed by atoms with Gasteiger partial charge in [-0.25, -0.2) is 0 Å².